The van der Waals surface area contributed by atoms with Crippen molar-refractivity contribution in [3.05, 3.63) is 251 Å². The van der Waals surface area contributed by atoms with E-state index in [2.05, 4.69) is 167 Å². The Morgan fingerprint density at radius 3 is 1.60 bits per heavy atom. The Labute approximate surface area is 380 Å². The van der Waals surface area contributed by atoms with Gasteiger partial charge in [0.2, 0.25) is 0 Å². The predicted molar refractivity (Wildman–Crippen MR) is 276 cm³/mol. The van der Waals surface area contributed by atoms with E-state index in [0.29, 0.717) is 6.54 Å². The Bertz CT molecular complexity index is 2420. The molecule has 0 aliphatic carbocycles. The molecular weight excluding hydrogens is 765 g/mol. The number of para-hydroxylation sites is 1. The van der Waals surface area contributed by atoms with Crippen molar-refractivity contribution in [3.8, 4) is 28.0 Å². The van der Waals surface area contributed by atoms with Crippen molar-refractivity contribution in [3.63, 3.8) is 0 Å². The average Bonchev–Trinajstić information content (AvgIpc) is 3.34. The van der Waals surface area contributed by atoms with Gasteiger partial charge >= 0.3 is 0 Å². The number of hydrogen-bond donors (Lipinski definition) is 3. The summed E-state index contributed by atoms with van der Waals surface area (Å²) in [5.74, 6) is 0.243. The number of rotatable bonds is 11. The van der Waals surface area contributed by atoms with E-state index in [1.165, 1.54) is 73.8 Å². The first-order valence-electron chi connectivity index (χ1n) is 22.2. The van der Waals surface area contributed by atoms with Crippen LogP contribution in [0, 0.1) is 13.8 Å². The van der Waals surface area contributed by atoms with Crippen LogP contribution in [0.2, 0.25) is 0 Å². The first-order valence-corrected chi connectivity index (χ1v) is 22.2. The summed E-state index contributed by atoms with van der Waals surface area (Å²) in [5, 5.41) is 10.2. The van der Waals surface area contributed by atoms with Gasteiger partial charge in [0.15, 0.2) is 0 Å². The molecule has 0 heterocycles. The van der Waals surface area contributed by atoms with Crippen molar-refractivity contribution in [2.24, 2.45) is 11.5 Å². The Morgan fingerprint density at radius 1 is 0.587 bits per heavy atom. The van der Waals surface area contributed by atoms with Crippen molar-refractivity contribution < 1.29 is 5.11 Å². The van der Waals surface area contributed by atoms with Crippen LogP contribution in [0.4, 0.5) is 0 Å². The maximum absolute atomic E-state index is 10.2. The molecule has 0 spiro atoms. The van der Waals surface area contributed by atoms with Gasteiger partial charge in [0.05, 0.1) is 0 Å². The maximum Gasteiger partial charge on any atom is 0.123 e. The minimum Gasteiger partial charge on any atom is -0.507 e. The number of nitrogens with two attached hydrogens (primary N) is 2. The molecule has 7 aromatic carbocycles. The third-order valence-corrected chi connectivity index (χ3v) is 10.8. The van der Waals surface area contributed by atoms with Gasteiger partial charge in [-0.1, -0.05) is 228 Å². The van der Waals surface area contributed by atoms with Crippen molar-refractivity contribution in [2.75, 3.05) is 7.05 Å². The lowest BCUT2D eigenvalue weighted by Crippen LogP contribution is -2.25. The Hall–Kier alpha value is -6.52. The molecule has 7 aromatic rings. The second-order valence-corrected chi connectivity index (χ2v) is 14.9. The highest BCUT2D eigenvalue weighted by molar-refractivity contribution is 5.87. The number of hydrogen-bond acceptors (Lipinski definition) is 3. The van der Waals surface area contributed by atoms with Crippen molar-refractivity contribution in [2.45, 2.75) is 73.8 Å². The van der Waals surface area contributed by atoms with Crippen LogP contribution in [0.1, 0.15) is 86.1 Å². The minimum absolute atomic E-state index is 0.243. The van der Waals surface area contributed by atoms with Crippen LogP contribution in [-0.2, 0) is 18.4 Å². The molecule has 0 radical (unpaired) electrons. The van der Waals surface area contributed by atoms with Gasteiger partial charge in [0.25, 0.3) is 0 Å². The van der Waals surface area contributed by atoms with Crippen LogP contribution < -0.4 is 11.5 Å². The summed E-state index contributed by atoms with van der Waals surface area (Å²) in [4.78, 5) is 0. The molecule has 0 bridgehead atoms. The molecule has 0 aliphatic rings. The molecule has 0 fully saturated rings. The largest absolute Gasteiger partial charge is 0.507 e. The highest BCUT2D eigenvalue weighted by Gasteiger charge is 2.31. The molecule has 0 unspecified atom stereocenters. The highest BCUT2D eigenvalue weighted by atomic mass is 16.3. The first kappa shape index (κ1) is 50.8. The van der Waals surface area contributed by atoms with E-state index in [4.69, 9.17) is 5.73 Å². The Morgan fingerprint density at radius 2 is 1.08 bits per heavy atom. The molecule has 3 heteroatoms. The van der Waals surface area contributed by atoms with Crippen molar-refractivity contribution in [1.29, 1.82) is 0 Å². The van der Waals surface area contributed by atoms with E-state index >= 15 is 0 Å². The Kier molecular flexibility index (Phi) is 21.6. The van der Waals surface area contributed by atoms with Crippen molar-refractivity contribution >= 4 is 5.57 Å². The zero-order valence-electron chi connectivity index (χ0n) is 39.2. The smallest absolute Gasteiger partial charge is 0.123 e. The van der Waals surface area contributed by atoms with E-state index in [1.807, 2.05) is 88.4 Å². The van der Waals surface area contributed by atoms with E-state index in [1.54, 1.807) is 6.07 Å². The number of benzene rings is 7. The molecule has 0 atom stereocenters. The number of phenols is 1. The summed E-state index contributed by atoms with van der Waals surface area (Å²) in [7, 11) is 1.50. The van der Waals surface area contributed by atoms with E-state index in [-0.39, 0.29) is 11.2 Å². The van der Waals surface area contributed by atoms with E-state index in [9.17, 15) is 5.11 Å². The molecule has 0 amide bonds. The number of phenolic OH excluding ortho intramolecular Hbond substituents is 1. The van der Waals surface area contributed by atoms with Gasteiger partial charge in [-0.3, -0.25) is 0 Å². The summed E-state index contributed by atoms with van der Waals surface area (Å²) >= 11 is 0. The van der Waals surface area contributed by atoms with Gasteiger partial charge in [-0.2, -0.15) is 0 Å². The van der Waals surface area contributed by atoms with Gasteiger partial charge in [-0.25, -0.2) is 0 Å². The zero-order chi connectivity index (χ0) is 46.2. The zero-order valence-corrected chi connectivity index (χ0v) is 39.2. The van der Waals surface area contributed by atoms with Crippen LogP contribution in [0.15, 0.2) is 206 Å². The molecule has 326 valence electrons. The van der Waals surface area contributed by atoms with Crippen LogP contribution in [0.3, 0.4) is 0 Å². The van der Waals surface area contributed by atoms with Crippen LogP contribution in [0.25, 0.3) is 27.8 Å². The van der Waals surface area contributed by atoms with Gasteiger partial charge in [0.1, 0.15) is 5.75 Å². The standard InChI is InChI=1S/C48H44O.C7H9N.2C2H6.CH5N/c1-34(17-16-19-35(2)43-24-14-15-26-46(43)49)31-38-32-37(4)47(44-25-13-12-18-36(44)3)45(33-38)39-27-29-42(30-28-39)48(5,40-20-8-6-9-21-40)41-22-10-7-11-23-41;8-6-7-4-2-1-3-5-7;3*1-2/h6-30,32-33,49H,2,31H2,1,3-5H3;1-5H,6,8H2;2*1-2H3;2H2,1H3/b19-16-,34-17+;;;;. The fourth-order valence-corrected chi connectivity index (χ4v) is 7.59. The van der Waals surface area contributed by atoms with Gasteiger partial charge in [0, 0.05) is 17.5 Å². The quantitative estimate of drug-likeness (QED) is 0.0898. The fraction of sp³-hybridized carbons (Fsp3) is 0.200. The topological polar surface area (TPSA) is 72.3 Å². The molecule has 63 heavy (non-hydrogen) atoms. The number of aryl methyl sites for hydroxylation is 2. The Balaban J connectivity index is 0.000000658. The van der Waals surface area contributed by atoms with Gasteiger partial charge < -0.3 is 16.6 Å². The first-order chi connectivity index (χ1) is 30.7. The van der Waals surface area contributed by atoms with E-state index in [0.717, 1.165) is 17.6 Å². The summed E-state index contributed by atoms with van der Waals surface area (Å²) in [6.07, 6.45) is 6.94. The molecule has 3 nitrogen and oxygen atoms in total. The summed E-state index contributed by atoms with van der Waals surface area (Å²) in [5.41, 5.74) is 26.1. The fourth-order valence-electron chi connectivity index (χ4n) is 7.59. The monoisotopic (exact) mass is 835 g/mol. The molecule has 0 aromatic heterocycles. The number of allylic oxidation sites excluding steroid dienone is 5. The van der Waals surface area contributed by atoms with Crippen LogP contribution in [-0.4, -0.2) is 12.2 Å². The van der Waals surface area contributed by atoms with Crippen molar-refractivity contribution in [1.82, 2.24) is 0 Å². The maximum atomic E-state index is 10.2. The second-order valence-electron chi connectivity index (χ2n) is 14.9. The highest BCUT2D eigenvalue weighted by Crippen LogP contribution is 2.42. The lowest BCUT2D eigenvalue weighted by Gasteiger charge is -2.32. The number of aromatic hydroxyl groups is 1. The molecule has 5 N–H and O–H groups in total. The van der Waals surface area contributed by atoms with Crippen LogP contribution >= 0.6 is 0 Å². The lowest BCUT2D eigenvalue weighted by atomic mass is 9.71. The van der Waals surface area contributed by atoms with Gasteiger partial charge in [-0.05, 0) is 114 Å². The normalized spacial score (nSPS) is 10.7. The molecule has 7 rings (SSSR count). The third-order valence-electron chi connectivity index (χ3n) is 10.8. The molecule has 0 saturated heterocycles. The summed E-state index contributed by atoms with van der Waals surface area (Å²) < 4.78 is 0. The summed E-state index contributed by atoms with van der Waals surface area (Å²) in [6.45, 7) is 21.7. The average molecular weight is 835 g/mol. The van der Waals surface area contributed by atoms with E-state index < -0.39 is 0 Å². The lowest BCUT2D eigenvalue weighted by molar-refractivity contribution is 0.474. The third kappa shape index (κ3) is 13.7. The van der Waals surface area contributed by atoms with Gasteiger partial charge in [-0.15, -0.1) is 0 Å². The SMILES string of the molecule is C=C(/C=C\C=C(/C)Cc1cc(C)c(-c2ccccc2C)c(-c2ccc(C(C)(c3ccccc3)c3ccccc3)cc2)c1)c1ccccc1O.CC.CC.CN.NCc1ccccc1. The molecule has 0 saturated carbocycles. The second kappa shape index (κ2) is 26.7. The minimum atomic E-state index is -0.294. The molecule has 0 aliphatic heterocycles. The molecular formula is C60H70N2O. The summed E-state index contributed by atoms with van der Waals surface area (Å²) in [6, 6.07) is 61.5. The van der Waals surface area contributed by atoms with Crippen LogP contribution in [0.5, 0.6) is 5.75 Å². The predicted octanol–water partition coefficient (Wildman–Crippen LogP) is 15.2.